The topological polar surface area (TPSA) is 65.9 Å². The monoisotopic (exact) mass is 217 g/mol. The Kier molecular flexibility index (Phi) is 3.65. The van der Waals surface area contributed by atoms with Crippen LogP contribution in [0, 0.1) is 5.82 Å². The Morgan fingerprint density at radius 1 is 1.43 bits per heavy atom. The van der Waals surface area contributed by atoms with Gasteiger partial charge in [0, 0.05) is 11.2 Å². The molecule has 1 rings (SSSR count). The second-order valence-corrected chi connectivity index (χ2v) is 4.28. The maximum Gasteiger partial charge on any atom is 0.159 e. The first-order valence-corrected chi connectivity index (χ1v) is 5.21. The van der Waals surface area contributed by atoms with E-state index in [1.807, 2.05) is 0 Å². The molecule has 0 radical (unpaired) electrons. The van der Waals surface area contributed by atoms with Crippen molar-refractivity contribution >= 4 is 11.1 Å². The van der Waals surface area contributed by atoms with Crippen LogP contribution in [0.1, 0.15) is 25.6 Å². The van der Waals surface area contributed by atoms with E-state index in [1.165, 1.54) is 0 Å². The van der Waals surface area contributed by atoms with E-state index in [9.17, 15) is 13.2 Å². The summed E-state index contributed by atoms with van der Waals surface area (Å²) in [6, 6.07) is 0. The number of aromatic nitrogens is 2. The molecule has 1 aromatic heterocycles. The van der Waals surface area contributed by atoms with Gasteiger partial charge in [0.1, 0.15) is 5.82 Å². The lowest BCUT2D eigenvalue weighted by molar-refractivity contribution is 0.509. The fourth-order valence-corrected chi connectivity index (χ4v) is 1.39. The van der Waals surface area contributed by atoms with Crippen molar-refractivity contribution in [1.29, 1.82) is 0 Å². The van der Waals surface area contributed by atoms with Gasteiger partial charge in [-0.3, -0.25) is 4.21 Å². The van der Waals surface area contributed by atoms with Crippen LogP contribution in [0.4, 0.5) is 4.39 Å². The summed E-state index contributed by atoms with van der Waals surface area (Å²) >= 11 is -2.17. The molecule has 0 aliphatic carbocycles. The largest absolute Gasteiger partial charge is 0.772 e. The van der Waals surface area contributed by atoms with Gasteiger partial charge in [-0.05, 0) is 0 Å². The zero-order valence-electron chi connectivity index (χ0n) is 7.81. The predicted molar refractivity (Wildman–Crippen MR) is 48.8 cm³/mol. The molecule has 0 amide bonds. The average Bonchev–Trinajstić information content (AvgIpc) is 2.16. The van der Waals surface area contributed by atoms with Crippen molar-refractivity contribution in [2.45, 2.75) is 25.0 Å². The second kappa shape index (κ2) is 4.56. The Bertz CT molecular complexity index is 331. The molecule has 0 saturated heterocycles. The summed E-state index contributed by atoms with van der Waals surface area (Å²) in [5.41, 5.74) is 0. The van der Waals surface area contributed by atoms with Gasteiger partial charge in [-0.15, -0.1) is 0 Å². The first kappa shape index (κ1) is 11.2. The van der Waals surface area contributed by atoms with Crippen molar-refractivity contribution in [1.82, 2.24) is 9.97 Å². The molecule has 0 aromatic carbocycles. The molecule has 1 aromatic rings. The molecule has 1 unspecified atom stereocenters. The van der Waals surface area contributed by atoms with E-state index < -0.39 is 22.1 Å². The molecule has 0 aliphatic heterocycles. The lowest BCUT2D eigenvalue weighted by atomic mass is 10.1. The molecule has 0 saturated carbocycles. The van der Waals surface area contributed by atoms with E-state index in [0.29, 0.717) is 5.82 Å². The highest BCUT2D eigenvalue weighted by molar-refractivity contribution is 7.79. The van der Waals surface area contributed by atoms with E-state index in [-0.39, 0.29) is 5.92 Å². The van der Waals surface area contributed by atoms with Crippen molar-refractivity contribution in [3.63, 3.8) is 0 Å². The van der Waals surface area contributed by atoms with Crippen LogP contribution in [-0.2, 0) is 11.1 Å². The fourth-order valence-electron chi connectivity index (χ4n) is 0.934. The Balaban J connectivity index is 2.84. The van der Waals surface area contributed by atoms with Crippen LogP contribution in [0.5, 0.6) is 0 Å². The van der Waals surface area contributed by atoms with Gasteiger partial charge < -0.3 is 4.55 Å². The Labute approximate surface area is 83.9 Å². The summed E-state index contributed by atoms with van der Waals surface area (Å²) in [5, 5.41) is -0.583. The van der Waals surface area contributed by atoms with Gasteiger partial charge in [0.05, 0.1) is 12.4 Å². The Morgan fingerprint density at radius 3 is 2.36 bits per heavy atom. The molecule has 14 heavy (non-hydrogen) atoms. The van der Waals surface area contributed by atoms with Gasteiger partial charge in [-0.1, -0.05) is 24.9 Å². The number of rotatable bonds is 3. The molecule has 0 fully saturated rings. The van der Waals surface area contributed by atoms with E-state index >= 15 is 0 Å². The van der Waals surface area contributed by atoms with Crippen LogP contribution in [-0.4, -0.2) is 24.0 Å². The first-order chi connectivity index (χ1) is 6.52. The van der Waals surface area contributed by atoms with Gasteiger partial charge in [0.2, 0.25) is 0 Å². The molecular weight excluding hydrogens is 207 g/mol. The number of hydrogen-bond donors (Lipinski definition) is 0. The lowest BCUT2D eigenvalue weighted by Crippen LogP contribution is -2.20. The molecular formula is C8H10FN2O2S-. The van der Waals surface area contributed by atoms with Crippen LogP contribution in [0.15, 0.2) is 12.4 Å². The fraction of sp³-hybridized carbons (Fsp3) is 0.500. The van der Waals surface area contributed by atoms with Gasteiger partial charge >= 0.3 is 0 Å². The summed E-state index contributed by atoms with van der Waals surface area (Å²) in [4.78, 5) is 7.44. The van der Waals surface area contributed by atoms with Crippen LogP contribution in [0.25, 0.3) is 0 Å². The van der Waals surface area contributed by atoms with Crippen molar-refractivity contribution < 1.29 is 13.2 Å². The summed E-state index contributed by atoms with van der Waals surface area (Å²) in [6.45, 7) is 3.24. The zero-order valence-corrected chi connectivity index (χ0v) is 8.62. The predicted octanol–water partition coefficient (Wildman–Crippen LogP) is 0.987. The van der Waals surface area contributed by atoms with Crippen molar-refractivity contribution in [3.05, 3.63) is 24.0 Å². The molecule has 3 atom stereocenters. The van der Waals surface area contributed by atoms with Crippen molar-refractivity contribution in [2.24, 2.45) is 0 Å². The number of nitrogens with zero attached hydrogens (tertiary/aromatic N) is 2. The van der Waals surface area contributed by atoms with E-state index in [1.54, 1.807) is 13.8 Å². The lowest BCUT2D eigenvalue weighted by Gasteiger charge is -2.20. The van der Waals surface area contributed by atoms with Crippen molar-refractivity contribution in [2.75, 3.05) is 0 Å². The van der Waals surface area contributed by atoms with Gasteiger partial charge in [-0.25, -0.2) is 14.4 Å². The van der Waals surface area contributed by atoms with Gasteiger partial charge in [0.15, 0.2) is 5.82 Å². The van der Waals surface area contributed by atoms with Crippen LogP contribution < -0.4 is 0 Å². The second-order valence-electron chi connectivity index (χ2n) is 3.01. The minimum absolute atomic E-state index is 0.336. The zero-order chi connectivity index (χ0) is 10.7. The minimum Gasteiger partial charge on any atom is -0.772 e. The standard InChI is InChI=1S/C8H11FN2O2S/c1-5(6(2)14(12)13)8-10-3-7(9)4-11-8/h3-6H,1-2H3,(H,12,13)/p-1/t5-,6-/m0/s1. The maximum absolute atomic E-state index is 12.5. The van der Waals surface area contributed by atoms with Gasteiger partial charge in [0.25, 0.3) is 0 Å². The quantitative estimate of drug-likeness (QED) is 0.708. The average molecular weight is 217 g/mol. The van der Waals surface area contributed by atoms with Crippen LogP contribution in [0.2, 0.25) is 0 Å². The molecule has 1 heterocycles. The minimum atomic E-state index is -2.17. The summed E-state index contributed by atoms with van der Waals surface area (Å²) in [7, 11) is 0. The van der Waals surface area contributed by atoms with Gasteiger partial charge in [-0.2, -0.15) is 0 Å². The van der Waals surface area contributed by atoms with E-state index in [2.05, 4.69) is 9.97 Å². The van der Waals surface area contributed by atoms with E-state index in [0.717, 1.165) is 12.4 Å². The molecule has 0 spiro atoms. The maximum atomic E-state index is 12.5. The number of halogens is 1. The highest BCUT2D eigenvalue weighted by Gasteiger charge is 2.17. The first-order valence-electron chi connectivity index (χ1n) is 4.08. The molecule has 4 nitrogen and oxygen atoms in total. The van der Waals surface area contributed by atoms with Crippen molar-refractivity contribution in [3.8, 4) is 0 Å². The van der Waals surface area contributed by atoms with Crippen LogP contribution in [0.3, 0.4) is 0 Å². The summed E-state index contributed by atoms with van der Waals surface area (Å²) in [6.07, 6.45) is 2.05. The summed E-state index contributed by atoms with van der Waals surface area (Å²) < 4.78 is 33.8. The molecule has 78 valence electrons. The van der Waals surface area contributed by atoms with E-state index in [4.69, 9.17) is 0 Å². The van der Waals surface area contributed by atoms with Crippen LogP contribution >= 0.6 is 0 Å². The Hall–Kier alpha value is -0.880. The molecule has 0 aliphatic rings. The molecule has 6 heteroatoms. The smallest absolute Gasteiger partial charge is 0.159 e. The molecule has 0 bridgehead atoms. The number of hydrogen-bond acceptors (Lipinski definition) is 4. The Morgan fingerprint density at radius 2 is 1.93 bits per heavy atom. The third kappa shape index (κ3) is 2.55. The highest BCUT2D eigenvalue weighted by atomic mass is 32.2. The SMILES string of the molecule is C[C@H](c1ncc(F)cn1)[C@H](C)S(=O)[O-]. The normalized spacial score (nSPS) is 17.4. The third-order valence-corrected chi connectivity index (χ3v) is 3.07. The third-order valence-electron chi connectivity index (χ3n) is 2.06. The molecule has 0 N–H and O–H groups in total. The summed E-state index contributed by atoms with van der Waals surface area (Å²) in [5.74, 6) is -0.533. The highest BCUT2D eigenvalue weighted by Crippen LogP contribution is 2.17.